The minimum atomic E-state index is -0.461. The summed E-state index contributed by atoms with van der Waals surface area (Å²) in [4.78, 5) is 0. The van der Waals surface area contributed by atoms with Crippen molar-refractivity contribution in [3.05, 3.63) is 70.2 Å². The molecular formula is C16H16ClF2N. The Kier molecular flexibility index (Phi) is 5.10. The number of hydrogen-bond acceptors (Lipinski definition) is 1. The molecule has 1 nitrogen and oxygen atoms in total. The van der Waals surface area contributed by atoms with Crippen LogP contribution in [0.5, 0.6) is 0 Å². The predicted molar refractivity (Wildman–Crippen MR) is 77.9 cm³/mol. The lowest BCUT2D eigenvalue weighted by atomic mass is 9.97. The maximum absolute atomic E-state index is 14.0. The summed E-state index contributed by atoms with van der Waals surface area (Å²) < 4.78 is 27.4. The molecule has 0 saturated heterocycles. The fourth-order valence-electron chi connectivity index (χ4n) is 2.12. The summed E-state index contributed by atoms with van der Waals surface area (Å²) in [6, 6.07) is 10.2. The Balaban J connectivity index is 2.47. The smallest absolute Gasteiger partial charge is 0.128 e. The topological polar surface area (TPSA) is 12.0 Å². The summed E-state index contributed by atoms with van der Waals surface area (Å²) >= 11 is 6.18. The van der Waals surface area contributed by atoms with Crippen LogP contribution in [-0.2, 0) is 0 Å². The molecule has 0 saturated carbocycles. The molecule has 4 heteroatoms. The van der Waals surface area contributed by atoms with E-state index in [4.69, 9.17) is 11.6 Å². The second-order valence-electron chi connectivity index (χ2n) is 4.57. The van der Waals surface area contributed by atoms with Crippen LogP contribution in [0.15, 0.2) is 42.5 Å². The highest BCUT2D eigenvalue weighted by Gasteiger charge is 2.20. The van der Waals surface area contributed by atoms with Crippen LogP contribution < -0.4 is 5.32 Å². The number of halogens is 3. The zero-order valence-corrected chi connectivity index (χ0v) is 11.9. The van der Waals surface area contributed by atoms with Gasteiger partial charge in [0.05, 0.1) is 6.04 Å². The van der Waals surface area contributed by atoms with Crippen LogP contribution >= 0.6 is 11.6 Å². The third-order valence-corrected chi connectivity index (χ3v) is 3.43. The molecule has 20 heavy (non-hydrogen) atoms. The van der Waals surface area contributed by atoms with Gasteiger partial charge in [0.1, 0.15) is 11.6 Å². The molecule has 106 valence electrons. The van der Waals surface area contributed by atoms with Gasteiger partial charge in [-0.3, -0.25) is 0 Å². The van der Waals surface area contributed by atoms with Crippen molar-refractivity contribution < 1.29 is 8.78 Å². The first-order chi connectivity index (χ1) is 9.63. The standard InChI is InChI=1S/C16H16ClF2N/c1-2-9-20-16(12-5-3-4-6-14(12)17)13-10-11(18)7-8-15(13)19/h3-8,10,16,20H,2,9H2,1H3. The van der Waals surface area contributed by atoms with E-state index in [0.29, 0.717) is 11.6 Å². The number of hydrogen-bond donors (Lipinski definition) is 1. The van der Waals surface area contributed by atoms with Crippen LogP contribution in [0, 0.1) is 11.6 Å². The van der Waals surface area contributed by atoms with Crippen molar-refractivity contribution in [2.24, 2.45) is 0 Å². The van der Waals surface area contributed by atoms with Crippen LogP contribution in [0.25, 0.3) is 0 Å². The Bertz CT molecular complexity index is 586. The van der Waals surface area contributed by atoms with Gasteiger partial charge in [-0.1, -0.05) is 36.7 Å². The third kappa shape index (κ3) is 3.35. The first-order valence-corrected chi connectivity index (χ1v) is 6.94. The van der Waals surface area contributed by atoms with Gasteiger partial charge in [0.25, 0.3) is 0 Å². The summed E-state index contributed by atoms with van der Waals surface area (Å²) in [5, 5.41) is 3.75. The van der Waals surface area contributed by atoms with Gasteiger partial charge in [0, 0.05) is 10.6 Å². The van der Waals surface area contributed by atoms with Gasteiger partial charge in [-0.05, 0) is 42.8 Å². The monoisotopic (exact) mass is 295 g/mol. The van der Waals surface area contributed by atoms with Crippen LogP contribution in [0.1, 0.15) is 30.5 Å². The molecule has 1 N–H and O–H groups in total. The number of benzene rings is 2. The van der Waals surface area contributed by atoms with E-state index in [1.165, 1.54) is 6.07 Å². The van der Waals surface area contributed by atoms with E-state index in [0.717, 1.165) is 24.1 Å². The molecule has 0 spiro atoms. The van der Waals surface area contributed by atoms with Crippen molar-refractivity contribution in [1.82, 2.24) is 5.32 Å². The van der Waals surface area contributed by atoms with Gasteiger partial charge >= 0.3 is 0 Å². The van der Waals surface area contributed by atoms with E-state index in [9.17, 15) is 8.78 Å². The summed E-state index contributed by atoms with van der Waals surface area (Å²) in [7, 11) is 0. The predicted octanol–water partition coefficient (Wildman–Crippen LogP) is 4.71. The van der Waals surface area contributed by atoms with Crippen molar-refractivity contribution in [2.45, 2.75) is 19.4 Å². The Hall–Kier alpha value is -1.45. The maximum Gasteiger partial charge on any atom is 0.128 e. The van der Waals surface area contributed by atoms with Crippen molar-refractivity contribution in [2.75, 3.05) is 6.54 Å². The lowest BCUT2D eigenvalue weighted by molar-refractivity contribution is 0.535. The molecule has 0 fully saturated rings. The third-order valence-electron chi connectivity index (χ3n) is 3.08. The van der Waals surface area contributed by atoms with Gasteiger partial charge in [0.2, 0.25) is 0 Å². The summed E-state index contributed by atoms with van der Waals surface area (Å²) in [6.45, 7) is 2.70. The first-order valence-electron chi connectivity index (χ1n) is 6.56. The van der Waals surface area contributed by atoms with Crippen LogP contribution in [0.2, 0.25) is 5.02 Å². The van der Waals surface area contributed by atoms with E-state index in [2.05, 4.69) is 5.32 Å². The van der Waals surface area contributed by atoms with Gasteiger partial charge < -0.3 is 5.32 Å². The first kappa shape index (κ1) is 14.9. The maximum atomic E-state index is 14.0. The Labute approximate surface area is 122 Å². The van der Waals surface area contributed by atoms with Gasteiger partial charge in [0.15, 0.2) is 0 Å². The molecule has 0 aliphatic carbocycles. The highest BCUT2D eigenvalue weighted by Crippen LogP contribution is 2.30. The molecule has 1 atom stereocenters. The number of nitrogens with one attached hydrogen (secondary N) is 1. The van der Waals surface area contributed by atoms with E-state index in [1.807, 2.05) is 25.1 Å². The quantitative estimate of drug-likeness (QED) is 0.842. The Morgan fingerprint density at radius 3 is 2.55 bits per heavy atom. The summed E-state index contributed by atoms with van der Waals surface area (Å²) in [5.41, 5.74) is 1.01. The second-order valence-corrected chi connectivity index (χ2v) is 4.98. The average molecular weight is 296 g/mol. The normalized spacial score (nSPS) is 12.4. The lowest BCUT2D eigenvalue weighted by Gasteiger charge is -2.21. The molecule has 2 rings (SSSR count). The van der Waals surface area contributed by atoms with Gasteiger partial charge in [-0.15, -0.1) is 0 Å². The summed E-state index contributed by atoms with van der Waals surface area (Å²) in [6.07, 6.45) is 0.887. The Morgan fingerprint density at radius 1 is 1.10 bits per heavy atom. The fourth-order valence-corrected chi connectivity index (χ4v) is 2.37. The minimum Gasteiger partial charge on any atom is -0.306 e. The van der Waals surface area contributed by atoms with Crippen molar-refractivity contribution >= 4 is 11.6 Å². The zero-order valence-electron chi connectivity index (χ0n) is 11.2. The molecule has 2 aromatic rings. The zero-order chi connectivity index (χ0) is 14.5. The molecule has 0 aliphatic rings. The molecular weight excluding hydrogens is 280 g/mol. The number of rotatable bonds is 5. The van der Waals surface area contributed by atoms with E-state index in [1.54, 1.807) is 6.07 Å². The molecule has 0 bridgehead atoms. The van der Waals surface area contributed by atoms with Crippen molar-refractivity contribution in [3.63, 3.8) is 0 Å². The van der Waals surface area contributed by atoms with Crippen molar-refractivity contribution in [3.8, 4) is 0 Å². The average Bonchev–Trinajstić information content (AvgIpc) is 2.44. The second kappa shape index (κ2) is 6.82. The highest BCUT2D eigenvalue weighted by atomic mass is 35.5. The van der Waals surface area contributed by atoms with Crippen LogP contribution in [-0.4, -0.2) is 6.54 Å². The molecule has 0 radical (unpaired) electrons. The van der Waals surface area contributed by atoms with E-state index < -0.39 is 17.7 Å². The molecule has 1 unspecified atom stereocenters. The van der Waals surface area contributed by atoms with Crippen LogP contribution in [0.3, 0.4) is 0 Å². The largest absolute Gasteiger partial charge is 0.306 e. The molecule has 0 aliphatic heterocycles. The van der Waals surface area contributed by atoms with E-state index in [-0.39, 0.29) is 5.56 Å². The molecule has 2 aromatic carbocycles. The molecule has 0 heterocycles. The lowest BCUT2D eigenvalue weighted by Crippen LogP contribution is -2.24. The Morgan fingerprint density at radius 2 is 1.85 bits per heavy atom. The molecule has 0 aromatic heterocycles. The molecule has 0 amide bonds. The summed E-state index contributed by atoms with van der Waals surface area (Å²) in [5.74, 6) is -0.906. The van der Waals surface area contributed by atoms with E-state index >= 15 is 0 Å². The van der Waals surface area contributed by atoms with Crippen molar-refractivity contribution in [1.29, 1.82) is 0 Å². The SMILES string of the molecule is CCCNC(c1cc(F)ccc1F)c1ccccc1Cl. The van der Waals surface area contributed by atoms with Gasteiger partial charge in [-0.2, -0.15) is 0 Å². The van der Waals surface area contributed by atoms with Crippen LogP contribution in [0.4, 0.5) is 8.78 Å². The minimum absolute atomic E-state index is 0.270. The van der Waals surface area contributed by atoms with Gasteiger partial charge in [-0.25, -0.2) is 8.78 Å². The fraction of sp³-hybridized carbons (Fsp3) is 0.250. The highest BCUT2D eigenvalue weighted by molar-refractivity contribution is 6.31.